The Kier molecular flexibility index (Phi) is 2.70. The summed E-state index contributed by atoms with van der Waals surface area (Å²) in [6, 6.07) is 4.33. The number of halogens is 3. The van der Waals surface area contributed by atoms with Gasteiger partial charge in [-0.2, -0.15) is 0 Å². The average molecular weight is 218 g/mol. The number of benzene rings is 1. The monoisotopic (exact) mass is 217 g/mol. The molecule has 0 aliphatic carbocycles. The van der Waals surface area contributed by atoms with E-state index in [1.54, 1.807) is 12.1 Å². The van der Waals surface area contributed by atoms with Crippen LogP contribution in [0.1, 0.15) is 17.2 Å². The maximum atomic E-state index is 12.6. The molecule has 0 radical (unpaired) electrons. The summed E-state index contributed by atoms with van der Waals surface area (Å²) in [5.74, 6) is 0. The Hall–Kier alpha value is -0.670. The van der Waals surface area contributed by atoms with E-state index in [2.05, 4.69) is 5.32 Å². The van der Waals surface area contributed by atoms with Gasteiger partial charge in [-0.3, -0.25) is 0 Å². The van der Waals surface area contributed by atoms with E-state index in [0.717, 1.165) is 12.0 Å². The minimum Gasteiger partial charge on any atom is -0.305 e. The van der Waals surface area contributed by atoms with E-state index in [9.17, 15) is 8.78 Å². The highest BCUT2D eigenvalue weighted by Crippen LogP contribution is 2.29. The molecule has 0 bridgehead atoms. The van der Waals surface area contributed by atoms with E-state index >= 15 is 0 Å². The van der Waals surface area contributed by atoms with Crippen molar-refractivity contribution in [3.05, 3.63) is 34.3 Å². The Bertz CT molecular complexity index is 341. The maximum Gasteiger partial charge on any atom is 0.257 e. The summed E-state index contributed by atoms with van der Waals surface area (Å²) in [4.78, 5) is 0. The number of hydrogen-bond donors (Lipinski definition) is 1. The molecule has 1 aromatic carbocycles. The maximum absolute atomic E-state index is 12.6. The Morgan fingerprint density at radius 1 is 1.43 bits per heavy atom. The van der Waals surface area contributed by atoms with E-state index in [1.807, 2.05) is 6.07 Å². The molecule has 0 amide bonds. The molecule has 1 nitrogen and oxygen atoms in total. The number of alkyl halides is 2. The molecule has 2 rings (SSSR count). The summed E-state index contributed by atoms with van der Waals surface area (Å²) in [5.41, 5.74) is 1.61. The lowest BCUT2D eigenvalue weighted by atomic mass is 9.95. The number of nitrogens with one attached hydrogen (secondary N) is 1. The molecule has 0 aromatic heterocycles. The quantitative estimate of drug-likeness (QED) is 0.763. The molecule has 1 aliphatic heterocycles. The summed E-state index contributed by atoms with van der Waals surface area (Å²) >= 11 is 5.77. The third-order valence-corrected chi connectivity index (χ3v) is 2.69. The second-order valence-electron chi connectivity index (χ2n) is 3.36. The van der Waals surface area contributed by atoms with Crippen LogP contribution in [-0.4, -0.2) is 13.0 Å². The minimum atomic E-state index is -2.38. The van der Waals surface area contributed by atoms with E-state index in [-0.39, 0.29) is 0 Å². The molecule has 1 N–H and O–H groups in total. The first-order valence-electron chi connectivity index (χ1n) is 4.48. The van der Waals surface area contributed by atoms with E-state index in [4.69, 9.17) is 11.6 Å². The molecular weight excluding hydrogens is 208 g/mol. The first kappa shape index (κ1) is 9.87. The van der Waals surface area contributed by atoms with Crippen LogP contribution in [0.4, 0.5) is 8.78 Å². The molecule has 0 saturated carbocycles. The van der Waals surface area contributed by atoms with Crippen molar-refractivity contribution in [2.75, 3.05) is 6.54 Å². The van der Waals surface area contributed by atoms with Crippen molar-refractivity contribution in [2.45, 2.75) is 18.9 Å². The zero-order valence-electron chi connectivity index (χ0n) is 7.43. The molecule has 1 atom stereocenters. The Morgan fingerprint density at radius 2 is 2.21 bits per heavy atom. The SMILES string of the molecule is FC(F)C1NCCc2ccc(Cl)cc21. The topological polar surface area (TPSA) is 12.0 Å². The molecule has 1 aliphatic rings. The summed E-state index contributed by atoms with van der Waals surface area (Å²) in [5, 5.41) is 3.31. The van der Waals surface area contributed by atoms with E-state index < -0.39 is 12.5 Å². The number of fused-ring (bicyclic) bond motifs is 1. The first-order valence-corrected chi connectivity index (χ1v) is 4.86. The van der Waals surface area contributed by atoms with Crippen LogP contribution in [0.5, 0.6) is 0 Å². The van der Waals surface area contributed by atoms with Gasteiger partial charge >= 0.3 is 0 Å². The molecule has 0 spiro atoms. The van der Waals surface area contributed by atoms with Gasteiger partial charge in [0.2, 0.25) is 0 Å². The molecule has 4 heteroatoms. The molecule has 14 heavy (non-hydrogen) atoms. The fourth-order valence-electron chi connectivity index (χ4n) is 1.78. The van der Waals surface area contributed by atoms with Gasteiger partial charge in [-0.1, -0.05) is 17.7 Å². The molecule has 0 fully saturated rings. The van der Waals surface area contributed by atoms with Crippen LogP contribution < -0.4 is 5.32 Å². The van der Waals surface area contributed by atoms with Crippen molar-refractivity contribution in [2.24, 2.45) is 0 Å². The third-order valence-electron chi connectivity index (χ3n) is 2.45. The van der Waals surface area contributed by atoms with Crippen molar-refractivity contribution < 1.29 is 8.78 Å². The highest BCUT2D eigenvalue weighted by molar-refractivity contribution is 6.30. The van der Waals surface area contributed by atoms with Gasteiger partial charge in [0.05, 0.1) is 6.04 Å². The van der Waals surface area contributed by atoms with E-state index in [1.165, 1.54) is 0 Å². The van der Waals surface area contributed by atoms with Gasteiger partial charge in [0.25, 0.3) is 6.43 Å². The Morgan fingerprint density at radius 3 is 2.93 bits per heavy atom. The van der Waals surface area contributed by atoms with Crippen LogP contribution >= 0.6 is 11.6 Å². The zero-order chi connectivity index (χ0) is 10.1. The second-order valence-corrected chi connectivity index (χ2v) is 3.80. The van der Waals surface area contributed by atoms with Gasteiger partial charge in [0.1, 0.15) is 0 Å². The smallest absolute Gasteiger partial charge is 0.257 e. The highest BCUT2D eigenvalue weighted by atomic mass is 35.5. The van der Waals surface area contributed by atoms with Crippen molar-refractivity contribution >= 4 is 11.6 Å². The summed E-state index contributed by atoms with van der Waals surface area (Å²) < 4.78 is 25.3. The standard InChI is InChI=1S/C10H10ClF2N/c11-7-2-1-6-3-4-14-9(10(12)13)8(6)5-7/h1-2,5,9-10,14H,3-4H2. The minimum absolute atomic E-state index is 0.512. The fourth-order valence-corrected chi connectivity index (χ4v) is 1.96. The lowest BCUT2D eigenvalue weighted by Gasteiger charge is -2.26. The van der Waals surface area contributed by atoms with Gasteiger partial charge in [-0.05, 0) is 36.2 Å². The normalized spacial score (nSPS) is 21.0. The largest absolute Gasteiger partial charge is 0.305 e. The number of rotatable bonds is 1. The van der Waals surface area contributed by atoms with Crippen molar-refractivity contribution in [1.82, 2.24) is 5.32 Å². The molecule has 1 heterocycles. The molecule has 1 aromatic rings. The van der Waals surface area contributed by atoms with Crippen molar-refractivity contribution in [1.29, 1.82) is 0 Å². The average Bonchev–Trinajstić information content (AvgIpc) is 2.16. The first-order chi connectivity index (χ1) is 6.68. The summed E-state index contributed by atoms with van der Waals surface area (Å²) in [6.07, 6.45) is -1.59. The fraction of sp³-hybridized carbons (Fsp3) is 0.400. The Labute approximate surface area is 86.1 Å². The lowest BCUT2D eigenvalue weighted by Crippen LogP contribution is -2.34. The zero-order valence-corrected chi connectivity index (χ0v) is 8.19. The van der Waals surface area contributed by atoms with Crippen LogP contribution in [0.15, 0.2) is 18.2 Å². The van der Waals surface area contributed by atoms with Gasteiger partial charge in [0.15, 0.2) is 0 Å². The molecule has 1 unspecified atom stereocenters. The second kappa shape index (κ2) is 3.83. The van der Waals surface area contributed by atoms with Crippen LogP contribution in [0.25, 0.3) is 0 Å². The van der Waals surface area contributed by atoms with Crippen molar-refractivity contribution in [3.8, 4) is 0 Å². The van der Waals surface area contributed by atoms with Crippen LogP contribution in [0.3, 0.4) is 0 Å². The highest BCUT2D eigenvalue weighted by Gasteiger charge is 2.27. The van der Waals surface area contributed by atoms with Crippen LogP contribution in [0, 0.1) is 0 Å². The predicted octanol–water partition coefficient (Wildman–Crippen LogP) is 2.79. The lowest BCUT2D eigenvalue weighted by molar-refractivity contribution is 0.0954. The van der Waals surface area contributed by atoms with Gasteiger partial charge in [-0.15, -0.1) is 0 Å². The van der Waals surface area contributed by atoms with Gasteiger partial charge < -0.3 is 5.32 Å². The van der Waals surface area contributed by atoms with Crippen LogP contribution in [-0.2, 0) is 6.42 Å². The van der Waals surface area contributed by atoms with Crippen LogP contribution in [0.2, 0.25) is 5.02 Å². The number of hydrogen-bond acceptors (Lipinski definition) is 1. The predicted molar refractivity (Wildman–Crippen MR) is 51.9 cm³/mol. The Balaban J connectivity index is 2.41. The summed E-state index contributed by atoms with van der Waals surface area (Å²) in [6.45, 7) is 0.601. The molecular formula is C10H10ClF2N. The third kappa shape index (κ3) is 1.74. The van der Waals surface area contributed by atoms with E-state index in [0.29, 0.717) is 17.1 Å². The van der Waals surface area contributed by atoms with Gasteiger partial charge in [-0.25, -0.2) is 8.78 Å². The molecule has 76 valence electrons. The van der Waals surface area contributed by atoms with Crippen molar-refractivity contribution in [3.63, 3.8) is 0 Å². The summed E-state index contributed by atoms with van der Waals surface area (Å²) in [7, 11) is 0. The van der Waals surface area contributed by atoms with Gasteiger partial charge in [0, 0.05) is 5.02 Å². The molecule has 0 saturated heterocycles.